The fourth-order valence-corrected chi connectivity index (χ4v) is 2.87. The highest BCUT2D eigenvalue weighted by atomic mass is 32.1. The molecule has 0 radical (unpaired) electrons. The molecular weight excluding hydrogens is 228 g/mol. The molecule has 17 heavy (non-hydrogen) atoms. The molecule has 2 rings (SSSR count). The molecule has 0 unspecified atom stereocenters. The molecule has 2 aromatic rings. The first-order valence-electron chi connectivity index (χ1n) is 5.76. The number of Topliss-reactive ketones (excluding diaryl/α,β-unsaturated/α-hetero) is 1. The third-order valence-electron chi connectivity index (χ3n) is 2.99. The van der Waals surface area contributed by atoms with Crippen LogP contribution < -0.4 is 0 Å². The fourth-order valence-electron chi connectivity index (χ4n) is 1.80. The summed E-state index contributed by atoms with van der Waals surface area (Å²) in [6.45, 7) is 4.19. The zero-order valence-electron chi connectivity index (χ0n) is 10.2. The van der Waals surface area contributed by atoms with Gasteiger partial charge in [0.05, 0.1) is 0 Å². The maximum absolute atomic E-state index is 12.0. The molecule has 0 atom stereocenters. The molecule has 0 N–H and O–H groups in total. The van der Waals surface area contributed by atoms with E-state index in [1.54, 1.807) is 11.3 Å². The van der Waals surface area contributed by atoms with E-state index in [0.29, 0.717) is 18.6 Å². The smallest absolute Gasteiger partial charge is 0.142 e. The van der Waals surface area contributed by atoms with Crippen molar-refractivity contribution in [2.24, 2.45) is 0 Å². The Morgan fingerprint density at radius 2 is 1.82 bits per heavy atom. The standard InChI is InChI=1S/C15H16OS/c1-11-10-17-15(12(11)2)9-14(16)8-13-6-4-3-5-7-13/h3-7,10H,8-9H2,1-2H3. The number of ketones is 1. The summed E-state index contributed by atoms with van der Waals surface area (Å²) in [6, 6.07) is 9.93. The van der Waals surface area contributed by atoms with Crippen LogP contribution in [0.5, 0.6) is 0 Å². The predicted octanol–water partition coefficient (Wildman–Crippen LogP) is 3.72. The van der Waals surface area contributed by atoms with Crippen LogP contribution in [0, 0.1) is 13.8 Å². The molecule has 0 saturated heterocycles. The Labute approximate surface area is 106 Å². The highest BCUT2D eigenvalue weighted by Gasteiger charge is 2.10. The summed E-state index contributed by atoms with van der Waals surface area (Å²) >= 11 is 1.69. The van der Waals surface area contributed by atoms with Crippen LogP contribution in [-0.4, -0.2) is 5.78 Å². The summed E-state index contributed by atoms with van der Waals surface area (Å²) < 4.78 is 0. The van der Waals surface area contributed by atoms with Crippen LogP contribution >= 0.6 is 11.3 Å². The molecule has 0 saturated carbocycles. The molecule has 1 aromatic heterocycles. The molecule has 0 bridgehead atoms. The zero-order chi connectivity index (χ0) is 12.3. The number of benzene rings is 1. The van der Waals surface area contributed by atoms with E-state index in [0.717, 1.165) is 5.56 Å². The van der Waals surface area contributed by atoms with Crippen molar-refractivity contribution in [1.29, 1.82) is 0 Å². The fraction of sp³-hybridized carbons (Fsp3) is 0.267. The summed E-state index contributed by atoms with van der Waals surface area (Å²) in [4.78, 5) is 13.2. The maximum Gasteiger partial charge on any atom is 0.142 e. The molecule has 2 heteroatoms. The molecular formula is C15H16OS. The van der Waals surface area contributed by atoms with Crippen LogP contribution in [0.4, 0.5) is 0 Å². The number of carbonyl (C=O) groups is 1. The van der Waals surface area contributed by atoms with Gasteiger partial charge in [0, 0.05) is 17.7 Å². The van der Waals surface area contributed by atoms with Gasteiger partial charge in [-0.25, -0.2) is 0 Å². The van der Waals surface area contributed by atoms with E-state index >= 15 is 0 Å². The third kappa shape index (κ3) is 3.04. The second-order valence-electron chi connectivity index (χ2n) is 4.34. The molecule has 0 fully saturated rings. The van der Waals surface area contributed by atoms with Crippen molar-refractivity contribution in [1.82, 2.24) is 0 Å². The first kappa shape index (κ1) is 12.1. The molecule has 1 heterocycles. The van der Waals surface area contributed by atoms with Gasteiger partial charge in [-0.1, -0.05) is 30.3 Å². The summed E-state index contributed by atoms with van der Waals surface area (Å²) in [6.07, 6.45) is 1.11. The number of hydrogen-bond acceptors (Lipinski definition) is 2. The van der Waals surface area contributed by atoms with Crippen molar-refractivity contribution in [2.75, 3.05) is 0 Å². The van der Waals surface area contributed by atoms with Gasteiger partial charge in [-0.2, -0.15) is 0 Å². The molecule has 0 amide bonds. The average molecular weight is 244 g/mol. The second-order valence-corrected chi connectivity index (χ2v) is 5.31. The SMILES string of the molecule is Cc1csc(CC(=O)Cc2ccccc2)c1C. The molecule has 0 aliphatic carbocycles. The highest BCUT2D eigenvalue weighted by Crippen LogP contribution is 2.21. The Balaban J connectivity index is 2.01. The van der Waals surface area contributed by atoms with E-state index in [9.17, 15) is 4.79 Å². The van der Waals surface area contributed by atoms with Gasteiger partial charge in [-0.15, -0.1) is 11.3 Å². The molecule has 0 aliphatic heterocycles. The van der Waals surface area contributed by atoms with E-state index in [1.165, 1.54) is 16.0 Å². The van der Waals surface area contributed by atoms with Crippen molar-refractivity contribution in [3.63, 3.8) is 0 Å². The molecule has 0 aliphatic rings. The summed E-state index contributed by atoms with van der Waals surface area (Å²) in [5.41, 5.74) is 3.66. The number of carbonyl (C=O) groups excluding carboxylic acids is 1. The monoisotopic (exact) mass is 244 g/mol. The molecule has 1 aromatic carbocycles. The maximum atomic E-state index is 12.0. The lowest BCUT2D eigenvalue weighted by Crippen LogP contribution is -2.06. The lowest BCUT2D eigenvalue weighted by atomic mass is 10.0. The zero-order valence-corrected chi connectivity index (χ0v) is 11.0. The first-order valence-corrected chi connectivity index (χ1v) is 6.64. The van der Waals surface area contributed by atoms with E-state index in [4.69, 9.17) is 0 Å². The van der Waals surface area contributed by atoms with Crippen LogP contribution in [0.15, 0.2) is 35.7 Å². The second kappa shape index (κ2) is 5.28. The Kier molecular flexibility index (Phi) is 3.75. The lowest BCUT2D eigenvalue weighted by molar-refractivity contribution is -0.117. The topological polar surface area (TPSA) is 17.1 Å². The first-order chi connectivity index (χ1) is 8.16. The average Bonchev–Trinajstić information content (AvgIpc) is 2.62. The van der Waals surface area contributed by atoms with Crippen molar-refractivity contribution in [2.45, 2.75) is 26.7 Å². The Bertz CT molecular complexity index is 511. The van der Waals surface area contributed by atoms with Crippen molar-refractivity contribution < 1.29 is 4.79 Å². The van der Waals surface area contributed by atoms with Crippen molar-refractivity contribution >= 4 is 17.1 Å². The van der Waals surface area contributed by atoms with Gasteiger partial charge >= 0.3 is 0 Å². The van der Waals surface area contributed by atoms with Gasteiger partial charge < -0.3 is 0 Å². The number of thiophene rings is 1. The van der Waals surface area contributed by atoms with Crippen LogP contribution in [0.3, 0.4) is 0 Å². The Morgan fingerprint density at radius 1 is 1.12 bits per heavy atom. The minimum absolute atomic E-state index is 0.293. The lowest BCUT2D eigenvalue weighted by Gasteiger charge is -2.01. The van der Waals surface area contributed by atoms with Gasteiger partial charge in [-0.3, -0.25) is 4.79 Å². The van der Waals surface area contributed by atoms with Gasteiger partial charge in [0.25, 0.3) is 0 Å². The minimum Gasteiger partial charge on any atom is -0.299 e. The Hall–Kier alpha value is -1.41. The van der Waals surface area contributed by atoms with Crippen LogP contribution in [0.1, 0.15) is 21.6 Å². The molecule has 1 nitrogen and oxygen atoms in total. The van der Waals surface area contributed by atoms with Gasteiger partial charge in [0.15, 0.2) is 0 Å². The predicted molar refractivity (Wildman–Crippen MR) is 72.7 cm³/mol. The van der Waals surface area contributed by atoms with E-state index in [1.807, 2.05) is 30.3 Å². The normalized spacial score (nSPS) is 10.5. The van der Waals surface area contributed by atoms with Crippen molar-refractivity contribution in [3.05, 3.63) is 57.3 Å². The largest absolute Gasteiger partial charge is 0.299 e. The summed E-state index contributed by atoms with van der Waals surface area (Å²) in [7, 11) is 0. The van der Waals surface area contributed by atoms with Crippen LogP contribution in [0.25, 0.3) is 0 Å². The van der Waals surface area contributed by atoms with Gasteiger partial charge in [-0.05, 0) is 35.9 Å². The molecule has 88 valence electrons. The number of hydrogen-bond donors (Lipinski definition) is 0. The highest BCUT2D eigenvalue weighted by molar-refractivity contribution is 7.10. The third-order valence-corrected chi connectivity index (χ3v) is 4.20. The number of rotatable bonds is 4. The minimum atomic E-state index is 0.293. The van der Waals surface area contributed by atoms with Gasteiger partial charge in [0.2, 0.25) is 0 Å². The van der Waals surface area contributed by atoms with Crippen molar-refractivity contribution in [3.8, 4) is 0 Å². The number of aryl methyl sites for hydroxylation is 1. The quantitative estimate of drug-likeness (QED) is 0.801. The molecule has 0 spiro atoms. The van der Waals surface area contributed by atoms with Gasteiger partial charge in [0.1, 0.15) is 5.78 Å². The van der Waals surface area contributed by atoms with E-state index in [-0.39, 0.29) is 0 Å². The van der Waals surface area contributed by atoms with E-state index < -0.39 is 0 Å². The van der Waals surface area contributed by atoms with E-state index in [2.05, 4.69) is 19.2 Å². The summed E-state index contributed by atoms with van der Waals surface area (Å²) in [5.74, 6) is 0.293. The van der Waals surface area contributed by atoms with Crippen LogP contribution in [0.2, 0.25) is 0 Å². The Morgan fingerprint density at radius 3 is 2.41 bits per heavy atom. The van der Waals surface area contributed by atoms with Crippen LogP contribution in [-0.2, 0) is 17.6 Å². The summed E-state index contributed by atoms with van der Waals surface area (Å²) in [5, 5.41) is 2.13.